The van der Waals surface area contributed by atoms with Crippen molar-refractivity contribution >= 4 is 37.8 Å². The molecule has 0 aliphatic rings. The molecule has 0 amide bonds. The molecule has 0 atom stereocenters. The summed E-state index contributed by atoms with van der Waals surface area (Å²) in [6.07, 6.45) is 0. The van der Waals surface area contributed by atoms with Crippen molar-refractivity contribution < 1.29 is 18.7 Å². The van der Waals surface area contributed by atoms with Gasteiger partial charge in [0.25, 0.3) is 0 Å². The van der Waals surface area contributed by atoms with E-state index in [1.165, 1.54) is 12.1 Å². The molecule has 0 fully saturated rings. The van der Waals surface area contributed by atoms with Crippen LogP contribution in [0.25, 0.3) is 0 Å². The number of benzene rings is 2. The fourth-order valence-corrected chi connectivity index (χ4v) is 2.12. The van der Waals surface area contributed by atoms with Crippen molar-refractivity contribution in [2.75, 3.05) is 6.61 Å². The largest absolute Gasteiger partial charge is 0.482 e. The molecule has 104 valence electrons. The number of halogens is 3. The van der Waals surface area contributed by atoms with Gasteiger partial charge in [0, 0.05) is 8.95 Å². The second-order valence-corrected chi connectivity index (χ2v) is 5.63. The number of hydrogen-bond acceptors (Lipinski definition) is 3. The van der Waals surface area contributed by atoms with Crippen molar-refractivity contribution in [2.45, 2.75) is 0 Å². The van der Waals surface area contributed by atoms with Crippen molar-refractivity contribution in [3.8, 4) is 11.5 Å². The molecule has 0 heterocycles. The van der Waals surface area contributed by atoms with Crippen LogP contribution in [0.3, 0.4) is 0 Å². The Kier molecular flexibility index (Phi) is 5.14. The van der Waals surface area contributed by atoms with Gasteiger partial charge in [0.1, 0.15) is 5.75 Å². The van der Waals surface area contributed by atoms with E-state index in [0.717, 1.165) is 4.47 Å². The van der Waals surface area contributed by atoms with Crippen molar-refractivity contribution in [1.82, 2.24) is 0 Å². The third-order valence-electron chi connectivity index (χ3n) is 2.27. The van der Waals surface area contributed by atoms with E-state index in [1.807, 2.05) is 6.07 Å². The summed E-state index contributed by atoms with van der Waals surface area (Å²) < 4.78 is 25.0. The molecule has 2 rings (SSSR count). The maximum Gasteiger partial charge on any atom is 0.349 e. The van der Waals surface area contributed by atoms with E-state index >= 15 is 0 Å². The number of rotatable bonds is 4. The van der Waals surface area contributed by atoms with Crippen LogP contribution in [0.2, 0.25) is 0 Å². The SMILES string of the molecule is O=C(COc1cccc(Br)c1)Oc1ccc(Br)cc1F. The summed E-state index contributed by atoms with van der Waals surface area (Å²) >= 11 is 6.41. The highest BCUT2D eigenvalue weighted by Crippen LogP contribution is 2.22. The smallest absolute Gasteiger partial charge is 0.349 e. The molecular formula is C14H9Br2FO3. The van der Waals surface area contributed by atoms with Gasteiger partial charge in [0.05, 0.1) is 0 Å². The average Bonchev–Trinajstić information content (AvgIpc) is 2.40. The van der Waals surface area contributed by atoms with Gasteiger partial charge < -0.3 is 9.47 Å². The summed E-state index contributed by atoms with van der Waals surface area (Å²) in [6.45, 7) is -0.300. The summed E-state index contributed by atoms with van der Waals surface area (Å²) in [5.74, 6) is -0.898. The number of carbonyl (C=O) groups is 1. The summed E-state index contributed by atoms with van der Waals surface area (Å²) in [5.41, 5.74) is 0. The standard InChI is InChI=1S/C14H9Br2FO3/c15-9-2-1-3-11(6-9)19-8-14(18)20-13-5-4-10(16)7-12(13)17/h1-7H,8H2. The number of esters is 1. The van der Waals surface area contributed by atoms with E-state index in [1.54, 1.807) is 24.3 Å². The minimum atomic E-state index is -0.675. The Morgan fingerprint density at radius 2 is 1.85 bits per heavy atom. The molecule has 20 heavy (non-hydrogen) atoms. The van der Waals surface area contributed by atoms with Crippen LogP contribution in [0.1, 0.15) is 0 Å². The molecule has 0 aliphatic heterocycles. The van der Waals surface area contributed by atoms with E-state index in [2.05, 4.69) is 31.9 Å². The third kappa shape index (κ3) is 4.31. The molecule has 0 radical (unpaired) electrons. The Balaban J connectivity index is 1.92. The second-order valence-electron chi connectivity index (χ2n) is 3.79. The summed E-state index contributed by atoms with van der Waals surface area (Å²) in [4.78, 5) is 11.6. The van der Waals surface area contributed by atoms with Gasteiger partial charge in [-0.15, -0.1) is 0 Å². The van der Waals surface area contributed by atoms with Gasteiger partial charge in [0.2, 0.25) is 0 Å². The van der Waals surface area contributed by atoms with Crippen molar-refractivity contribution in [3.05, 3.63) is 57.2 Å². The van der Waals surface area contributed by atoms with Crippen molar-refractivity contribution in [2.24, 2.45) is 0 Å². The summed E-state index contributed by atoms with van der Waals surface area (Å²) in [7, 11) is 0. The Morgan fingerprint density at radius 3 is 2.55 bits per heavy atom. The maximum absolute atomic E-state index is 13.5. The molecule has 0 saturated carbocycles. The summed E-state index contributed by atoms with van der Waals surface area (Å²) in [6, 6.07) is 11.2. The van der Waals surface area contributed by atoms with Crippen LogP contribution in [-0.4, -0.2) is 12.6 Å². The molecule has 0 aliphatic carbocycles. The molecule has 0 spiro atoms. The molecule has 0 unspecified atom stereocenters. The molecule has 0 bridgehead atoms. The Hall–Kier alpha value is -1.40. The number of carbonyl (C=O) groups excluding carboxylic acids is 1. The van der Waals surface area contributed by atoms with Crippen LogP contribution in [0.15, 0.2) is 51.4 Å². The first kappa shape index (κ1) is 15.0. The molecule has 2 aromatic carbocycles. The third-order valence-corrected chi connectivity index (χ3v) is 3.26. The first-order chi connectivity index (χ1) is 9.54. The molecule has 2 aromatic rings. The monoisotopic (exact) mass is 402 g/mol. The highest BCUT2D eigenvalue weighted by atomic mass is 79.9. The lowest BCUT2D eigenvalue weighted by atomic mass is 10.3. The van der Waals surface area contributed by atoms with Gasteiger partial charge in [-0.3, -0.25) is 0 Å². The van der Waals surface area contributed by atoms with Crippen molar-refractivity contribution in [1.29, 1.82) is 0 Å². The first-order valence-corrected chi connectivity index (χ1v) is 7.17. The highest BCUT2D eigenvalue weighted by Gasteiger charge is 2.10. The van der Waals surface area contributed by atoms with E-state index in [0.29, 0.717) is 10.2 Å². The van der Waals surface area contributed by atoms with Crippen LogP contribution >= 0.6 is 31.9 Å². The lowest BCUT2D eigenvalue weighted by Crippen LogP contribution is -2.18. The van der Waals surface area contributed by atoms with E-state index < -0.39 is 11.8 Å². The van der Waals surface area contributed by atoms with E-state index in [9.17, 15) is 9.18 Å². The average molecular weight is 404 g/mol. The van der Waals surface area contributed by atoms with Crippen LogP contribution in [-0.2, 0) is 4.79 Å². The Labute approximate surface area is 132 Å². The van der Waals surface area contributed by atoms with Gasteiger partial charge in [-0.2, -0.15) is 0 Å². The zero-order valence-corrected chi connectivity index (χ0v) is 13.3. The second kappa shape index (κ2) is 6.85. The van der Waals surface area contributed by atoms with Crippen LogP contribution in [0.4, 0.5) is 4.39 Å². The predicted octanol–water partition coefficient (Wildman–Crippen LogP) is 4.34. The van der Waals surface area contributed by atoms with E-state index in [-0.39, 0.29) is 12.4 Å². The van der Waals surface area contributed by atoms with E-state index in [4.69, 9.17) is 9.47 Å². The van der Waals surface area contributed by atoms with Gasteiger partial charge in [0.15, 0.2) is 18.2 Å². The van der Waals surface area contributed by atoms with Gasteiger partial charge >= 0.3 is 5.97 Å². The normalized spacial score (nSPS) is 10.2. The lowest BCUT2D eigenvalue weighted by Gasteiger charge is -2.07. The molecule has 0 N–H and O–H groups in total. The quantitative estimate of drug-likeness (QED) is 0.562. The number of ether oxygens (including phenoxy) is 2. The first-order valence-electron chi connectivity index (χ1n) is 5.59. The minimum absolute atomic E-state index is 0.129. The molecule has 6 heteroatoms. The predicted molar refractivity (Wildman–Crippen MR) is 79.4 cm³/mol. The molecule has 0 aromatic heterocycles. The lowest BCUT2D eigenvalue weighted by molar-refractivity contribution is -0.136. The molecular weight excluding hydrogens is 395 g/mol. The topological polar surface area (TPSA) is 35.5 Å². The van der Waals surface area contributed by atoms with Gasteiger partial charge in [-0.05, 0) is 36.4 Å². The minimum Gasteiger partial charge on any atom is -0.482 e. The Morgan fingerprint density at radius 1 is 1.10 bits per heavy atom. The van der Waals surface area contributed by atoms with Crippen LogP contribution in [0, 0.1) is 5.82 Å². The molecule has 3 nitrogen and oxygen atoms in total. The highest BCUT2D eigenvalue weighted by molar-refractivity contribution is 9.10. The fourth-order valence-electron chi connectivity index (χ4n) is 1.41. The molecule has 0 saturated heterocycles. The van der Waals surface area contributed by atoms with Gasteiger partial charge in [-0.1, -0.05) is 37.9 Å². The van der Waals surface area contributed by atoms with Crippen LogP contribution in [0.5, 0.6) is 11.5 Å². The fraction of sp³-hybridized carbons (Fsp3) is 0.0714. The summed E-state index contributed by atoms with van der Waals surface area (Å²) in [5, 5.41) is 0. The zero-order chi connectivity index (χ0) is 14.5. The zero-order valence-electron chi connectivity index (χ0n) is 10.1. The Bertz CT molecular complexity index is 632. The number of hydrogen-bond donors (Lipinski definition) is 0. The maximum atomic E-state index is 13.5. The van der Waals surface area contributed by atoms with Gasteiger partial charge in [-0.25, -0.2) is 9.18 Å². The van der Waals surface area contributed by atoms with Crippen molar-refractivity contribution in [3.63, 3.8) is 0 Å². The van der Waals surface area contributed by atoms with Crippen LogP contribution < -0.4 is 9.47 Å².